The average molecular weight is 539 g/mol. The van der Waals surface area contributed by atoms with Gasteiger partial charge in [-0.2, -0.15) is 11.8 Å². The Morgan fingerprint density at radius 1 is 1.19 bits per heavy atom. The van der Waals surface area contributed by atoms with E-state index in [1.54, 1.807) is 11.8 Å². The summed E-state index contributed by atoms with van der Waals surface area (Å²) in [5, 5.41) is 43.1. The number of aliphatic imine (C=N–C) groups is 1. The number of nitro groups is 2. The monoisotopic (exact) mass is 538 g/mol. The van der Waals surface area contributed by atoms with E-state index in [1.807, 2.05) is 0 Å². The van der Waals surface area contributed by atoms with Crippen LogP contribution in [0.15, 0.2) is 29.3 Å². The van der Waals surface area contributed by atoms with Gasteiger partial charge in [0, 0.05) is 29.4 Å². The lowest BCUT2D eigenvalue weighted by molar-refractivity contribution is -0.394. The highest BCUT2D eigenvalue weighted by molar-refractivity contribution is 8.00. The summed E-state index contributed by atoms with van der Waals surface area (Å²) < 4.78 is 0. The first-order valence-electron chi connectivity index (χ1n) is 10.7. The molecule has 3 N–H and O–H groups in total. The van der Waals surface area contributed by atoms with Crippen LogP contribution in [0.5, 0.6) is 0 Å². The number of aliphatic carboxylic acids is 2. The van der Waals surface area contributed by atoms with Crippen molar-refractivity contribution in [3.05, 3.63) is 50.1 Å². The van der Waals surface area contributed by atoms with E-state index in [0.29, 0.717) is 0 Å². The van der Waals surface area contributed by atoms with Crippen molar-refractivity contribution >= 4 is 64.5 Å². The van der Waals surface area contributed by atoms with Crippen LogP contribution in [0.3, 0.4) is 0 Å². The number of hydrogen-bond donors (Lipinski definition) is 3. The van der Waals surface area contributed by atoms with Gasteiger partial charge < -0.3 is 15.5 Å². The lowest BCUT2D eigenvalue weighted by atomic mass is 10.0. The summed E-state index contributed by atoms with van der Waals surface area (Å²) in [7, 11) is 0. The Morgan fingerprint density at radius 2 is 1.94 bits per heavy atom. The maximum atomic E-state index is 12.4. The predicted molar refractivity (Wildman–Crippen MR) is 133 cm³/mol. The molecule has 2 heterocycles. The van der Waals surface area contributed by atoms with Crippen LogP contribution in [0, 0.1) is 26.1 Å². The number of thioether (sulfide) groups is 2. The van der Waals surface area contributed by atoms with Crippen molar-refractivity contribution in [1.29, 1.82) is 0 Å². The van der Waals surface area contributed by atoms with E-state index >= 15 is 0 Å². The van der Waals surface area contributed by atoms with Crippen LogP contribution in [0.2, 0.25) is 0 Å². The third-order valence-electron chi connectivity index (χ3n) is 5.52. The molecule has 2 aliphatic heterocycles. The quantitative estimate of drug-likeness (QED) is 0.292. The highest BCUT2D eigenvalue weighted by Crippen LogP contribution is 2.31. The average Bonchev–Trinajstić information content (AvgIpc) is 3.33. The summed E-state index contributed by atoms with van der Waals surface area (Å²) in [5.74, 6) is -2.97. The number of nitro benzene ring substituents is 2. The molecule has 0 radical (unpaired) electrons. The van der Waals surface area contributed by atoms with E-state index in [2.05, 4.69) is 10.3 Å². The van der Waals surface area contributed by atoms with Crippen molar-refractivity contribution in [2.24, 2.45) is 10.9 Å². The number of allylic oxidation sites excluding steroid dienone is 1. The number of rotatable bonds is 10. The van der Waals surface area contributed by atoms with Gasteiger partial charge in [-0.1, -0.05) is 12.2 Å². The Hall–Kier alpha value is -3.46. The van der Waals surface area contributed by atoms with Crippen LogP contribution >= 0.6 is 23.5 Å². The predicted octanol–water partition coefficient (Wildman–Crippen LogP) is 2.59. The first kappa shape index (κ1) is 27.1. The number of hydrogen-bond acceptors (Lipinski definition) is 10. The Kier molecular flexibility index (Phi) is 9.03. The molecule has 36 heavy (non-hydrogen) atoms. The van der Waals surface area contributed by atoms with E-state index in [4.69, 9.17) is 0 Å². The summed E-state index contributed by atoms with van der Waals surface area (Å²) in [4.78, 5) is 60.9. The van der Waals surface area contributed by atoms with Crippen LogP contribution in [0.4, 0.5) is 11.4 Å². The van der Waals surface area contributed by atoms with E-state index in [9.17, 15) is 44.8 Å². The molecule has 1 amide bonds. The van der Waals surface area contributed by atoms with Crippen LogP contribution in [-0.4, -0.2) is 71.8 Å². The standard InChI is InChI=1S/C21H22N4O9S2/c26-16(9-14-2-1-7-35-14)22-18(21(29)30)19-23-17(20(27)28)12(10-36-19)4-3-11-5-6-13(24(31)32)8-15(11)25(33)34/h3-6,8,12,14,18-19H,1-2,7,9-10H2,(H,22,26)(H,27,28)(H,29,30)/b4-3+/t12?,14?,18-,19+/m0/s1. The van der Waals surface area contributed by atoms with E-state index < -0.39 is 56.4 Å². The van der Waals surface area contributed by atoms with Crippen molar-refractivity contribution in [3.8, 4) is 0 Å². The minimum atomic E-state index is -1.43. The zero-order chi connectivity index (χ0) is 26.4. The molecule has 13 nitrogen and oxygen atoms in total. The van der Waals surface area contributed by atoms with Gasteiger partial charge in [0.15, 0.2) is 6.04 Å². The van der Waals surface area contributed by atoms with E-state index in [1.165, 1.54) is 18.2 Å². The Balaban J connectivity index is 1.79. The van der Waals surface area contributed by atoms with Gasteiger partial charge in [-0.3, -0.25) is 30.0 Å². The van der Waals surface area contributed by atoms with Gasteiger partial charge in [-0.05, 0) is 24.7 Å². The fourth-order valence-electron chi connectivity index (χ4n) is 3.75. The van der Waals surface area contributed by atoms with Crippen molar-refractivity contribution < 1.29 is 34.4 Å². The SMILES string of the molecule is O=C(CC1CCCS1)N[C@H](C(=O)O)[C@@H]1N=C(C(=O)O)C(/C=C/c2ccc([N+](=O)[O-])cc2[N+](=O)[O-])CS1. The molecule has 4 atom stereocenters. The van der Waals surface area contributed by atoms with Gasteiger partial charge in [0.25, 0.3) is 11.4 Å². The molecule has 2 unspecified atom stereocenters. The number of benzene rings is 1. The van der Waals surface area contributed by atoms with Gasteiger partial charge in [-0.25, -0.2) is 9.59 Å². The molecule has 15 heteroatoms. The summed E-state index contributed by atoms with van der Waals surface area (Å²) >= 11 is 2.69. The second kappa shape index (κ2) is 12.0. The van der Waals surface area contributed by atoms with Crippen LogP contribution in [0.25, 0.3) is 6.08 Å². The molecule has 3 rings (SSSR count). The number of nitrogens with zero attached hydrogens (tertiary/aromatic N) is 3. The zero-order valence-electron chi connectivity index (χ0n) is 18.6. The largest absolute Gasteiger partial charge is 0.480 e. The molecule has 1 aromatic carbocycles. The lowest BCUT2D eigenvalue weighted by Gasteiger charge is -2.28. The molecule has 0 bridgehead atoms. The number of carbonyl (C=O) groups excluding carboxylic acids is 1. The third-order valence-corrected chi connectivity index (χ3v) is 8.19. The number of amides is 1. The Labute approximate surface area is 212 Å². The van der Waals surface area contributed by atoms with Crippen LogP contribution in [0.1, 0.15) is 24.8 Å². The summed E-state index contributed by atoms with van der Waals surface area (Å²) in [6, 6.07) is 1.65. The van der Waals surface area contributed by atoms with Crippen molar-refractivity contribution in [2.75, 3.05) is 11.5 Å². The molecule has 1 fully saturated rings. The second-order valence-electron chi connectivity index (χ2n) is 7.99. The van der Waals surface area contributed by atoms with Gasteiger partial charge in [0.2, 0.25) is 5.91 Å². The van der Waals surface area contributed by atoms with E-state index in [0.717, 1.165) is 42.5 Å². The van der Waals surface area contributed by atoms with Gasteiger partial charge in [0.05, 0.1) is 21.5 Å². The van der Waals surface area contributed by atoms with Crippen molar-refractivity contribution in [2.45, 2.75) is 35.9 Å². The number of carbonyl (C=O) groups is 3. The van der Waals surface area contributed by atoms with Gasteiger partial charge in [0.1, 0.15) is 11.1 Å². The smallest absolute Gasteiger partial charge is 0.350 e. The molecular weight excluding hydrogens is 516 g/mol. The molecule has 0 aromatic heterocycles. The fraction of sp³-hybridized carbons (Fsp3) is 0.429. The fourth-order valence-corrected chi connectivity index (χ4v) is 6.25. The number of carboxylic acid groups (broad SMARTS) is 2. The maximum Gasteiger partial charge on any atom is 0.350 e. The molecule has 192 valence electrons. The zero-order valence-corrected chi connectivity index (χ0v) is 20.3. The molecule has 0 saturated carbocycles. The van der Waals surface area contributed by atoms with Crippen molar-refractivity contribution in [3.63, 3.8) is 0 Å². The first-order valence-corrected chi connectivity index (χ1v) is 12.8. The summed E-state index contributed by atoms with van der Waals surface area (Å²) in [5.41, 5.74) is -1.31. The van der Waals surface area contributed by atoms with Crippen LogP contribution in [-0.2, 0) is 14.4 Å². The Bertz CT molecular complexity index is 1130. The molecule has 1 saturated heterocycles. The number of non-ortho nitro benzene ring substituents is 1. The van der Waals surface area contributed by atoms with Gasteiger partial charge >= 0.3 is 11.9 Å². The number of nitrogens with one attached hydrogen (secondary N) is 1. The van der Waals surface area contributed by atoms with E-state index in [-0.39, 0.29) is 28.7 Å². The van der Waals surface area contributed by atoms with Crippen LogP contribution < -0.4 is 5.32 Å². The molecule has 2 aliphatic rings. The minimum Gasteiger partial charge on any atom is -0.480 e. The summed E-state index contributed by atoms with van der Waals surface area (Å²) in [6.45, 7) is 0. The Morgan fingerprint density at radius 3 is 2.53 bits per heavy atom. The number of carboxylic acids is 2. The highest BCUT2D eigenvalue weighted by atomic mass is 32.2. The third kappa shape index (κ3) is 6.81. The normalized spacial score (nSPS) is 22.6. The second-order valence-corrected chi connectivity index (χ2v) is 10.5. The molecule has 0 aliphatic carbocycles. The minimum absolute atomic E-state index is 0.0305. The summed E-state index contributed by atoms with van der Waals surface area (Å²) in [6.07, 6.45) is 4.68. The topological polar surface area (TPSA) is 202 Å². The highest BCUT2D eigenvalue weighted by Gasteiger charge is 2.37. The van der Waals surface area contributed by atoms with Gasteiger partial charge in [-0.15, -0.1) is 11.8 Å². The molecule has 0 spiro atoms. The maximum absolute atomic E-state index is 12.4. The molecule has 1 aromatic rings. The van der Waals surface area contributed by atoms with Crippen molar-refractivity contribution in [1.82, 2.24) is 5.32 Å². The first-order chi connectivity index (χ1) is 17.1. The lowest BCUT2D eigenvalue weighted by Crippen LogP contribution is -2.49. The molecular formula is C21H22N4O9S2.